The molecule has 3 heterocycles. The maximum Gasteiger partial charge on any atom is 0.197 e. The van der Waals surface area contributed by atoms with Crippen LogP contribution in [-0.2, 0) is 14.2 Å². The van der Waals surface area contributed by atoms with Crippen molar-refractivity contribution in [3.05, 3.63) is 52.2 Å². The van der Waals surface area contributed by atoms with E-state index in [2.05, 4.69) is 0 Å². The molecule has 0 spiro atoms. The SMILES string of the molecule is COc1ccc(-c2cc(=O)c3c(O)c([C@@H]4O[C@@H](CO)[C@@H](O)[C@H](O[C@@H]5OC[C@@H](O)[C@@H](O)[C@H]5O)[C@H]4O)c(O)cc3o2)cc1. The monoisotopic (exact) mass is 578 g/mol. The molecule has 2 fully saturated rings. The smallest absolute Gasteiger partial charge is 0.197 e. The normalized spacial score (nSPS) is 32.2. The molecule has 0 amide bonds. The number of methoxy groups -OCH3 is 1. The van der Waals surface area contributed by atoms with Crippen molar-refractivity contribution in [2.45, 2.75) is 55.1 Å². The van der Waals surface area contributed by atoms with Gasteiger partial charge in [0.1, 0.15) is 82.8 Å². The summed E-state index contributed by atoms with van der Waals surface area (Å²) in [6.07, 6.45) is -14.7. The second kappa shape index (κ2) is 11.5. The summed E-state index contributed by atoms with van der Waals surface area (Å²) in [6.45, 7) is -1.21. The molecule has 0 unspecified atom stereocenters. The molecule has 8 N–H and O–H groups in total. The second-order valence-corrected chi connectivity index (χ2v) is 9.84. The van der Waals surface area contributed by atoms with Crippen LogP contribution < -0.4 is 10.2 Å². The Kier molecular flexibility index (Phi) is 8.20. The van der Waals surface area contributed by atoms with E-state index < -0.39 is 90.8 Å². The van der Waals surface area contributed by atoms with Crippen molar-refractivity contribution in [2.75, 3.05) is 20.3 Å². The molecular weight excluding hydrogens is 548 g/mol. The molecule has 2 aliphatic heterocycles. The fourth-order valence-electron chi connectivity index (χ4n) is 5.02. The molecule has 0 bridgehead atoms. The van der Waals surface area contributed by atoms with Crippen molar-refractivity contribution in [2.24, 2.45) is 0 Å². The second-order valence-electron chi connectivity index (χ2n) is 9.84. The van der Waals surface area contributed by atoms with Gasteiger partial charge in [-0.2, -0.15) is 0 Å². The molecule has 14 nitrogen and oxygen atoms in total. The van der Waals surface area contributed by atoms with Crippen molar-refractivity contribution in [3.8, 4) is 28.6 Å². The summed E-state index contributed by atoms with van der Waals surface area (Å²) in [7, 11) is 1.50. The minimum atomic E-state index is -1.87. The van der Waals surface area contributed by atoms with Gasteiger partial charge in [0.25, 0.3) is 0 Å². The van der Waals surface area contributed by atoms with E-state index in [1.807, 2.05) is 0 Å². The van der Waals surface area contributed by atoms with Gasteiger partial charge in [0.15, 0.2) is 11.7 Å². The number of benzene rings is 2. The molecule has 41 heavy (non-hydrogen) atoms. The Labute approximate surface area is 231 Å². The predicted octanol–water partition coefficient (Wildman–Crippen LogP) is -1.14. The summed E-state index contributed by atoms with van der Waals surface area (Å²) in [4.78, 5) is 13.1. The number of hydrogen-bond donors (Lipinski definition) is 8. The lowest BCUT2D eigenvalue weighted by Gasteiger charge is -2.45. The van der Waals surface area contributed by atoms with Crippen LogP contribution in [0.25, 0.3) is 22.3 Å². The Balaban J connectivity index is 1.51. The highest BCUT2D eigenvalue weighted by molar-refractivity contribution is 5.88. The molecule has 222 valence electrons. The Morgan fingerprint density at radius 1 is 0.951 bits per heavy atom. The Morgan fingerprint density at radius 3 is 2.32 bits per heavy atom. The first-order valence-electron chi connectivity index (χ1n) is 12.7. The number of rotatable bonds is 6. The first kappa shape index (κ1) is 29.2. The zero-order valence-electron chi connectivity index (χ0n) is 21.6. The van der Waals surface area contributed by atoms with Crippen molar-refractivity contribution in [1.29, 1.82) is 0 Å². The molecule has 3 aromatic rings. The number of phenols is 2. The van der Waals surface area contributed by atoms with Crippen LogP contribution in [0.2, 0.25) is 0 Å². The number of hydrogen-bond acceptors (Lipinski definition) is 14. The zero-order chi connectivity index (χ0) is 29.6. The Morgan fingerprint density at radius 2 is 1.66 bits per heavy atom. The first-order chi connectivity index (χ1) is 19.5. The standard InChI is InChI=1S/C27H30O14/c1-37-11-4-2-10(3-5-11)15-6-12(29)18-16(39-15)7-13(30)19(22(18)34)25-24(36)26(21(33)17(8-28)40-25)41-27-23(35)20(32)14(31)9-38-27/h2-7,14,17,20-21,23-28,30-36H,8-9H2,1H3/t14-,17+,20-,21-,23-,24+,25+,26+,27+/m1/s1. The van der Waals surface area contributed by atoms with Gasteiger partial charge in [-0.15, -0.1) is 0 Å². The van der Waals surface area contributed by atoms with Crippen LogP contribution in [0.5, 0.6) is 17.2 Å². The number of aliphatic hydroxyl groups excluding tert-OH is 6. The van der Waals surface area contributed by atoms with E-state index >= 15 is 0 Å². The van der Waals surface area contributed by atoms with Gasteiger partial charge in [0, 0.05) is 17.7 Å². The van der Waals surface area contributed by atoms with Crippen LogP contribution in [0.15, 0.2) is 45.6 Å². The average molecular weight is 579 g/mol. The minimum absolute atomic E-state index is 0.140. The van der Waals surface area contributed by atoms with E-state index in [1.165, 1.54) is 7.11 Å². The van der Waals surface area contributed by atoms with E-state index in [1.54, 1.807) is 24.3 Å². The lowest BCUT2D eigenvalue weighted by atomic mass is 9.89. The Bertz CT molecular complexity index is 1440. The molecule has 9 atom stereocenters. The van der Waals surface area contributed by atoms with Crippen LogP contribution in [0, 0.1) is 0 Å². The van der Waals surface area contributed by atoms with Crippen molar-refractivity contribution in [3.63, 3.8) is 0 Å². The summed E-state index contributed by atoms with van der Waals surface area (Å²) in [6, 6.07) is 8.80. The summed E-state index contributed by atoms with van der Waals surface area (Å²) >= 11 is 0. The largest absolute Gasteiger partial charge is 0.507 e. The number of aromatic hydroxyl groups is 2. The topological polar surface area (TPSA) is 229 Å². The maximum absolute atomic E-state index is 13.1. The van der Waals surface area contributed by atoms with Crippen LogP contribution in [0.3, 0.4) is 0 Å². The number of aliphatic hydroxyl groups is 6. The Hall–Kier alpha value is -3.31. The van der Waals surface area contributed by atoms with Crippen LogP contribution in [0.1, 0.15) is 11.7 Å². The van der Waals surface area contributed by atoms with E-state index in [0.29, 0.717) is 11.3 Å². The van der Waals surface area contributed by atoms with E-state index in [-0.39, 0.29) is 16.7 Å². The summed E-state index contributed by atoms with van der Waals surface area (Å²) in [5, 5.41) is 83.3. The van der Waals surface area contributed by atoms with E-state index in [4.69, 9.17) is 23.4 Å². The third-order valence-corrected chi connectivity index (χ3v) is 7.28. The molecule has 2 aliphatic rings. The average Bonchev–Trinajstić information content (AvgIpc) is 2.95. The lowest BCUT2D eigenvalue weighted by Crippen LogP contribution is -2.61. The molecule has 0 radical (unpaired) electrons. The fraction of sp³-hybridized carbons (Fsp3) is 0.444. The molecule has 2 aromatic carbocycles. The molecule has 14 heteroatoms. The lowest BCUT2D eigenvalue weighted by molar-refractivity contribution is -0.325. The van der Waals surface area contributed by atoms with Gasteiger partial charge in [-0.3, -0.25) is 4.79 Å². The maximum atomic E-state index is 13.1. The number of fused-ring (bicyclic) bond motifs is 1. The summed E-state index contributed by atoms with van der Waals surface area (Å²) in [5.41, 5.74) is -0.790. The summed E-state index contributed by atoms with van der Waals surface area (Å²) < 4.78 is 27.3. The van der Waals surface area contributed by atoms with Crippen molar-refractivity contribution < 1.29 is 64.2 Å². The number of phenolic OH excluding ortho intramolecular Hbond substituents is 2. The predicted molar refractivity (Wildman–Crippen MR) is 137 cm³/mol. The fourth-order valence-corrected chi connectivity index (χ4v) is 5.02. The van der Waals surface area contributed by atoms with Gasteiger partial charge < -0.3 is 64.2 Å². The van der Waals surface area contributed by atoms with Crippen LogP contribution in [-0.4, -0.2) is 110 Å². The van der Waals surface area contributed by atoms with Crippen LogP contribution in [0.4, 0.5) is 0 Å². The molecule has 1 aromatic heterocycles. The third kappa shape index (κ3) is 5.25. The minimum Gasteiger partial charge on any atom is -0.507 e. The quantitative estimate of drug-likeness (QED) is 0.173. The van der Waals surface area contributed by atoms with E-state index in [9.17, 15) is 45.6 Å². The van der Waals surface area contributed by atoms with Crippen molar-refractivity contribution >= 4 is 11.0 Å². The highest BCUT2D eigenvalue weighted by atomic mass is 16.7. The molecule has 2 saturated heterocycles. The molecule has 0 saturated carbocycles. The zero-order valence-corrected chi connectivity index (χ0v) is 21.6. The van der Waals surface area contributed by atoms with Gasteiger partial charge in [0.05, 0.1) is 25.9 Å². The van der Waals surface area contributed by atoms with Gasteiger partial charge in [0.2, 0.25) is 0 Å². The van der Waals surface area contributed by atoms with Crippen LogP contribution >= 0.6 is 0 Å². The van der Waals surface area contributed by atoms with Gasteiger partial charge >= 0.3 is 0 Å². The molecule has 5 rings (SSSR count). The van der Waals surface area contributed by atoms with E-state index in [0.717, 1.165) is 12.1 Å². The van der Waals surface area contributed by atoms with Gasteiger partial charge in [-0.25, -0.2) is 0 Å². The highest BCUT2D eigenvalue weighted by Crippen LogP contribution is 2.45. The third-order valence-electron chi connectivity index (χ3n) is 7.28. The molecular formula is C27H30O14. The molecule has 0 aliphatic carbocycles. The van der Waals surface area contributed by atoms with Crippen molar-refractivity contribution in [1.82, 2.24) is 0 Å². The highest BCUT2D eigenvalue weighted by Gasteiger charge is 2.50. The number of ether oxygens (including phenoxy) is 4. The summed E-state index contributed by atoms with van der Waals surface area (Å²) in [5.74, 6) is -0.706. The van der Waals surface area contributed by atoms with Gasteiger partial charge in [-0.1, -0.05) is 0 Å². The van der Waals surface area contributed by atoms with Gasteiger partial charge in [-0.05, 0) is 24.3 Å². The first-order valence-corrected chi connectivity index (χ1v) is 12.7.